The van der Waals surface area contributed by atoms with Crippen molar-refractivity contribution in [2.75, 3.05) is 0 Å². The number of carbonyl (C=O) groups is 1. The van der Waals surface area contributed by atoms with Crippen LogP contribution in [0.3, 0.4) is 0 Å². The predicted octanol–water partition coefficient (Wildman–Crippen LogP) is 4.72. The van der Waals surface area contributed by atoms with Gasteiger partial charge in [0.25, 0.3) is 5.91 Å². The summed E-state index contributed by atoms with van der Waals surface area (Å²) in [6.07, 6.45) is -4.80. The van der Waals surface area contributed by atoms with Crippen molar-refractivity contribution in [1.82, 2.24) is 10.3 Å². The van der Waals surface area contributed by atoms with Crippen LogP contribution < -0.4 is 5.32 Å². The Hall–Kier alpha value is -1.90. The highest BCUT2D eigenvalue weighted by molar-refractivity contribution is 6.35. The number of pyridine rings is 1. The normalized spacial score (nSPS) is 21.9. The Balaban J connectivity index is 1.89. The van der Waals surface area contributed by atoms with E-state index >= 15 is 4.39 Å². The Labute approximate surface area is 167 Å². The number of alkyl halides is 4. The maximum atomic E-state index is 15.5. The molecule has 1 amide bonds. The molecule has 0 spiro atoms. The lowest BCUT2D eigenvalue weighted by Crippen LogP contribution is -2.44. The molecule has 28 heavy (non-hydrogen) atoms. The number of aromatic nitrogens is 1. The van der Waals surface area contributed by atoms with Crippen LogP contribution in [0.25, 0.3) is 0 Å². The van der Waals surface area contributed by atoms with Gasteiger partial charge in [-0.25, -0.2) is 4.39 Å². The third-order valence-corrected chi connectivity index (χ3v) is 5.15. The van der Waals surface area contributed by atoms with Gasteiger partial charge in [-0.15, -0.1) is 0 Å². The molecule has 2 atom stereocenters. The first kappa shape index (κ1) is 20.8. The van der Waals surface area contributed by atoms with Gasteiger partial charge in [-0.3, -0.25) is 9.78 Å². The van der Waals surface area contributed by atoms with Crippen molar-refractivity contribution in [1.29, 1.82) is 0 Å². The zero-order chi connectivity index (χ0) is 20.7. The molecule has 0 saturated carbocycles. The molecule has 10 heteroatoms. The molecular weight excluding hydrogens is 423 g/mol. The monoisotopic (exact) mass is 436 g/mol. The van der Waals surface area contributed by atoms with Gasteiger partial charge in [0, 0.05) is 33.9 Å². The topological polar surface area (TPSA) is 62.2 Å². The summed E-state index contributed by atoms with van der Waals surface area (Å²) in [4.78, 5) is 16.5. The van der Waals surface area contributed by atoms with Crippen molar-refractivity contribution in [2.45, 2.75) is 37.3 Å². The summed E-state index contributed by atoms with van der Waals surface area (Å²) in [5.41, 5.74) is -4.13. The zero-order valence-electron chi connectivity index (χ0n) is 14.2. The molecule has 0 fully saturated rings. The van der Waals surface area contributed by atoms with Gasteiger partial charge in [-0.1, -0.05) is 29.3 Å². The number of nitrogens with zero attached hydrogens (tertiary/aromatic N) is 1. The van der Waals surface area contributed by atoms with Crippen LogP contribution in [0, 0.1) is 0 Å². The molecule has 2 N–H and O–H groups in total. The Morgan fingerprint density at radius 1 is 1.36 bits per heavy atom. The third kappa shape index (κ3) is 3.81. The molecule has 4 nitrogen and oxygen atoms in total. The number of nitrogens with one attached hydrogen (secondary N) is 1. The number of carbonyl (C=O) groups excluding carboxylic acids is 1. The lowest BCUT2D eigenvalue weighted by Gasteiger charge is -2.32. The Kier molecular flexibility index (Phi) is 5.58. The highest BCUT2D eigenvalue weighted by Gasteiger charge is 2.47. The number of rotatable bonds is 3. The molecule has 1 aliphatic carbocycles. The van der Waals surface area contributed by atoms with Crippen molar-refractivity contribution < 1.29 is 27.5 Å². The van der Waals surface area contributed by atoms with Crippen molar-refractivity contribution >= 4 is 29.1 Å². The molecule has 0 radical (unpaired) electrons. The molecule has 0 aliphatic heterocycles. The fraction of sp³-hybridized carbons (Fsp3) is 0.333. The standard InChI is InChI=1S/C18H14Cl2F4N2O2/c19-9-6-12(18(22,23)24)10(13(20)7-9)8-26-16(28)17(21)4-3-14(27)15-11(17)2-1-5-25-15/h1-2,5-7,14,27H,3-4,8H2,(H,26,28)/t14-,17+/m1/s1. The Bertz CT molecular complexity index is 923. The van der Waals surface area contributed by atoms with E-state index in [0.717, 1.165) is 6.07 Å². The van der Waals surface area contributed by atoms with Crippen molar-refractivity contribution in [3.63, 3.8) is 0 Å². The third-order valence-electron chi connectivity index (χ3n) is 4.59. The predicted molar refractivity (Wildman–Crippen MR) is 94.5 cm³/mol. The average Bonchev–Trinajstić information content (AvgIpc) is 2.63. The van der Waals surface area contributed by atoms with Crippen molar-refractivity contribution in [3.05, 3.63) is 62.9 Å². The molecule has 0 unspecified atom stereocenters. The molecule has 0 saturated heterocycles. The van der Waals surface area contributed by atoms with Gasteiger partial charge in [0.15, 0.2) is 0 Å². The number of amides is 1. The second kappa shape index (κ2) is 7.50. The summed E-state index contributed by atoms with van der Waals surface area (Å²) in [6.45, 7) is -0.645. The first-order valence-electron chi connectivity index (χ1n) is 8.20. The van der Waals surface area contributed by atoms with Crippen LogP contribution in [-0.2, 0) is 23.2 Å². The molecule has 1 aliphatic rings. The quantitative estimate of drug-likeness (QED) is 0.684. The van der Waals surface area contributed by atoms with Gasteiger partial charge in [0.1, 0.15) is 0 Å². The number of aliphatic hydroxyl groups is 1. The van der Waals surface area contributed by atoms with E-state index < -0.39 is 41.5 Å². The van der Waals surface area contributed by atoms with E-state index in [9.17, 15) is 23.1 Å². The van der Waals surface area contributed by atoms with E-state index in [-0.39, 0.29) is 34.1 Å². The molecule has 2 aromatic rings. The minimum atomic E-state index is -4.76. The summed E-state index contributed by atoms with van der Waals surface area (Å²) in [6, 6.07) is 4.54. The van der Waals surface area contributed by atoms with Crippen molar-refractivity contribution in [2.24, 2.45) is 0 Å². The highest BCUT2D eigenvalue weighted by atomic mass is 35.5. The van der Waals surface area contributed by atoms with Gasteiger partial charge in [-0.2, -0.15) is 13.2 Å². The minimum Gasteiger partial charge on any atom is -0.387 e. The molecule has 1 aromatic carbocycles. The van der Waals surface area contributed by atoms with E-state index in [2.05, 4.69) is 10.3 Å². The van der Waals surface area contributed by atoms with Crippen molar-refractivity contribution in [3.8, 4) is 0 Å². The maximum Gasteiger partial charge on any atom is 0.416 e. The van der Waals surface area contributed by atoms with Gasteiger partial charge in [0.2, 0.25) is 5.67 Å². The summed E-state index contributed by atoms with van der Waals surface area (Å²) < 4.78 is 55.3. The SMILES string of the molecule is O=C(NCc1c(Cl)cc(Cl)cc1C(F)(F)F)[C@]1(F)CC[C@@H](O)c2ncccc21. The van der Waals surface area contributed by atoms with E-state index in [1.807, 2.05) is 0 Å². The molecule has 3 rings (SSSR count). The number of benzene rings is 1. The molecule has 1 heterocycles. The van der Waals surface area contributed by atoms with Gasteiger partial charge < -0.3 is 10.4 Å². The Morgan fingerprint density at radius 2 is 2.07 bits per heavy atom. The van der Waals surface area contributed by atoms with Crippen LogP contribution in [0.4, 0.5) is 17.6 Å². The van der Waals surface area contributed by atoms with Crippen LogP contribution in [0.2, 0.25) is 10.0 Å². The smallest absolute Gasteiger partial charge is 0.387 e. The first-order chi connectivity index (χ1) is 13.0. The minimum absolute atomic E-state index is 0.0342. The number of fused-ring (bicyclic) bond motifs is 1. The fourth-order valence-electron chi connectivity index (χ4n) is 3.21. The van der Waals surface area contributed by atoms with Crippen LogP contribution in [0.15, 0.2) is 30.5 Å². The number of hydrogen-bond acceptors (Lipinski definition) is 3. The maximum absolute atomic E-state index is 15.5. The number of hydrogen-bond donors (Lipinski definition) is 2. The fourth-order valence-corrected chi connectivity index (χ4v) is 3.77. The molecule has 150 valence electrons. The Morgan fingerprint density at radius 3 is 2.75 bits per heavy atom. The molecule has 0 bridgehead atoms. The second-order valence-electron chi connectivity index (χ2n) is 6.39. The lowest BCUT2D eigenvalue weighted by molar-refractivity contribution is -0.139. The van der Waals surface area contributed by atoms with E-state index in [4.69, 9.17) is 23.2 Å². The van der Waals surface area contributed by atoms with Crippen LogP contribution in [0.1, 0.15) is 41.3 Å². The summed E-state index contributed by atoms with van der Waals surface area (Å²) in [5, 5.41) is 11.6. The number of halogens is 6. The lowest BCUT2D eigenvalue weighted by atomic mass is 9.81. The van der Waals surface area contributed by atoms with Crippen LogP contribution in [0.5, 0.6) is 0 Å². The zero-order valence-corrected chi connectivity index (χ0v) is 15.7. The second-order valence-corrected chi connectivity index (χ2v) is 7.23. The van der Waals surface area contributed by atoms with Crippen LogP contribution >= 0.6 is 23.2 Å². The largest absolute Gasteiger partial charge is 0.416 e. The van der Waals surface area contributed by atoms with Crippen LogP contribution in [-0.4, -0.2) is 16.0 Å². The summed E-state index contributed by atoms with van der Waals surface area (Å²) in [7, 11) is 0. The molecule has 1 aromatic heterocycles. The summed E-state index contributed by atoms with van der Waals surface area (Å²) >= 11 is 11.5. The molecular formula is C18H14Cl2F4N2O2. The number of aliphatic hydroxyl groups excluding tert-OH is 1. The highest BCUT2D eigenvalue weighted by Crippen LogP contribution is 2.43. The average molecular weight is 437 g/mol. The van der Waals surface area contributed by atoms with Gasteiger partial charge in [0.05, 0.1) is 17.4 Å². The van der Waals surface area contributed by atoms with E-state index in [0.29, 0.717) is 6.07 Å². The van der Waals surface area contributed by atoms with E-state index in [1.54, 1.807) is 0 Å². The van der Waals surface area contributed by atoms with Gasteiger partial charge in [-0.05, 0) is 31.0 Å². The van der Waals surface area contributed by atoms with E-state index in [1.165, 1.54) is 18.3 Å². The first-order valence-corrected chi connectivity index (χ1v) is 8.95. The van der Waals surface area contributed by atoms with Gasteiger partial charge >= 0.3 is 6.18 Å². The summed E-state index contributed by atoms with van der Waals surface area (Å²) in [5.74, 6) is -1.13.